The van der Waals surface area contributed by atoms with E-state index in [2.05, 4.69) is 6.58 Å². The third-order valence-electron chi connectivity index (χ3n) is 3.41. The summed E-state index contributed by atoms with van der Waals surface area (Å²) in [6.45, 7) is 7.57. The Morgan fingerprint density at radius 1 is 1.04 bits per heavy atom. The highest BCUT2D eigenvalue weighted by molar-refractivity contribution is 7.95. The van der Waals surface area contributed by atoms with Crippen molar-refractivity contribution in [2.45, 2.75) is 45.1 Å². The molecule has 0 fully saturated rings. The minimum absolute atomic E-state index is 0.196. The second-order valence-electron chi connectivity index (χ2n) is 5.47. The van der Waals surface area contributed by atoms with E-state index in [4.69, 9.17) is 17.8 Å². The van der Waals surface area contributed by atoms with Gasteiger partial charge in [-0.15, -0.1) is 6.58 Å². The predicted octanol–water partition coefficient (Wildman–Crippen LogP) is 3.19. The molecule has 1 rings (SSSR count). The second-order valence-corrected chi connectivity index (χ2v) is 7.48. The summed E-state index contributed by atoms with van der Waals surface area (Å²) in [6, 6.07) is 9.66. The van der Waals surface area contributed by atoms with Crippen LogP contribution in [0.3, 0.4) is 0 Å². The Kier molecular flexibility index (Phi) is 13.9. The minimum atomic E-state index is -1.15. The van der Waals surface area contributed by atoms with E-state index in [9.17, 15) is 10.2 Å². The van der Waals surface area contributed by atoms with Gasteiger partial charge in [0.15, 0.2) is 0 Å². The van der Waals surface area contributed by atoms with Crippen LogP contribution in [0.4, 0.5) is 0 Å². The molecule has 8 heteroatoms. The Hall–Kier alpha value is -0.580. The molecule has 2 N–H and O–H groups in total. The molecule has 0 aliphatic heterocycles. The standard InChI is InChI=1S/C19H30O6S2/c1-4-12-22-17(16(21)13-20)18(19(24-26-5-2)25-27-6-3)23-14-15-10-8-7-9-11-15/h4,7-11,16-21H,1,5-6,12-14H2,2-3H3. The Bertz CT molecular complexity index is 482. The van der Waals surface area contributed by atoms with Crippen molar-refractivity contribution < 1.29 is 28.1 Å². The maximum atomic E-state index is 10.3. The summed E-state index contributed by atoms with van der Waals surface area (Å²) in [5.41, 5.74) is 0.966. The highest BCUT2D eigenvalue weighted by Gasteiger charge is 2.38. The molecule has 0 spiro atoms. The molecule has 154 valence electrons. The fraction of sp³-hybridized carbons (Fsp3) is 0.579. The Balaban J connectivity index is 3.01. The van der Waals surface area contributed by atoms with Gasteiger partial charge in [-0.3, -0.25) is 8.37 Å². The highest BCUT2D eigenvalue weighted by atomic mass is 32.2. The van der Waals surface area contributed by atoms with Crippen molar-refractivity contribution >= 4 is 24.1 Å². The normalized spacial score (nSPS) is 14.9. The Labute approximate surface area is 170 Å². The lowest BCUT2D eigenvalue weighted by Gasteiger charge is -2.34. The first-order chi connectivity index (χ1) is 13.2. The average molecular weight is 419 g/mol. The molecule has 0 bridgehead atoms. The third-order valence-corrected chi connectivity index (χ3v) is 4.53. The van der Waals surface area contributed by atoms with Crippen molar-refractivity contribution in [3.8, 4) is 0 Å². The van der Waals surface area contributed by atoms with Crippen LogP contribution in [0.15, 0.2) is 43.0 Å². The van der Waals surface area contributed by atoms with Crippen molar-refractivity contribution in [2.75, 3.05) is 24.7 Å². The van der Waals surface area contributed by atoms with Gasteiger partial charge in [-0.1, -0.05) is 50.3 Å². The van der Waals surface area contributed by atoms with E-state index in [1.165, 1.54) is 24.1 Å². The number of aliphatic hydroxyl groups excluding tert-OH is 2. The van der Waals surface area contributed by atoms with Crippen LogP contribution in [-0.2, 0) is 24.4 Å². The molecule has 0 aliphatic rings. The number of hydrogen-bond donors (Lipinski definition) is 2. The van der Waals surface area contributed by atoms with Gasteiger partial charge in [-0.05, 0) is 29.6 Å². The maximum absolute atomic E-state index is 10.3. The molecule has 1 aromatic rings. The number of benzene rings is 1. The number of hydrogen-bond acceptors (Lipinski definition) is 8. The van der Waals surface area contributed by atoms with Crippen LogP contribution in [0, 0.1) is 0 Å². The van der Waals surface area contributed by atoms with Crippen molar-refractivity contribution in [2.24, 2.45) is 0 Å². The van der Waals surface area contributed by atoms with E-state index in [0.29, 0.717) is 0 Å². The molecule has 0 saturated heterocycles. The highest BCUT2D eigenvalue weighted by Crippen LogP contribution is 2.25. The van der Waals surface area contributed by atoms with E-state index in [-0.39, 0.29) is 13.2 Å². The lowest BCUT2D eigenvalue weighted by atomic mass is 10.1. The molecule has 0 heterocycles. The summed E-state index contributed by atoms with van der Waals surface area (Å²) in [5, 5.41) is 19.8. The van der Waals surface area contributed by atoms with Gasteiger partial charge in [-0.2, -0.15) is 0 Å². The minimum Gasteiger partial charge on any atom is -0.394 e. The zero-order valence-electron chi connectivity index (χ0n) is 15.9. The fourth-order valence-corrected chi connectivity index (χ4v) is 3.09. The Morgan fingerprint density at radius 2 is 1.67 bits per heavy atom. The van der Waals surface area contributed by atoms with E-state index < -0.39 is 31.2 Å². The Morgan fingerprint density at radius 3 is 2.19 bits per heavy atom. The first kappa shape index (κ1) is 24.5. The number of rotatable bonds is 16. The van der Waals surface area contributed by atoms with Gasteiger partial charge >= 0.3 is 0 Å². The lowest BCUT2D eigenvalue weighted by Crippen LogP contribution is -2.49. The zero-order chi connectivity index (χ0) is 19.9. The van der Waals surface area contributed by atoms with Crippen LogP contribution in [-0.4, -0.2) is 59.5 Å². The van der Waals surface area contributed by atoms with Crippen molar-refractivity contribution in [3.05, 3.63) is 48.6 Å². The summed E-state index contributed by atoms with van der Waals surface area (Å²) in [6.07, 6.45) is -1.98. The second kappa shape index (κ2) is 15.4. The quantitative estimate of drug-likeness (QED) is 0.241. The van der Waals surface area contributed by atoms with Crippen molar-refractivity contribution in [1.29, 1.82) is 0 Å². The summed E-state index contributed by atoms with van der Waals surface area (Å²) in [5.74, 6) is 1.45. The van der Waals surface area contributed by atoms with Gasteiger partial charge in [0, 0.05) is 11.5 Å². The summed E-state index contributed by atoms with van der Waals surface area (Å²) in [7, 11) is 0. The largest absolute Gasteiger partial charge is 0.394 e. The van der Waals surface area contributed by atoms with Crippen LogP contribution in [0.25, 0.3) is 0 Å². The van der Waals surface area contributed by atoms with Crippen LogP contribution in [0.2, 0.25) is 0 Å². The van der Waals surface area contributed by atoms with Crippen molar-refractivity contribution in [1.82, 2.24) is 0 Å². The first-order valence-corrected chi connectivity index (χ1v) is 10.7. The van der Waals surface area contributed by atoms with Gasteiger partial charge in [0.2, 0.25) is 6.29 Å². The number of aliphatic hydroxyl groups is 2. The predicted molar refractivity (Wildman–Crippen MR) is 110 cm³/mol. The van der Waals surface area contributed by atoms with Gasteiger partial charge in [0.1, 0.15) is 18.3 Å². The van der Waals surface area contributed by atoms with Gasteiger partial charge < -0.3 is 19.7 Å². The molecule has 0 amide bonds. The first-order valence-electron chi connectivity index (χ1n) is 8.91. The van der Waals surface area contributed by atoms with E-state index in [1.54, 1.807) is 6.08 Å². The zero-order valence-corrected chi connectivity index (χ0v) is 17.5. The topological polar surface area (TPSA) is 77.4 Å². The summed E-state index contributed by atoms with van der Waals surface area (Å²) in [4.78, 5) is 0. The third kappa shape index (κ3) is 9.45. The molecule has 1 aromatic carbocycles. The molecule has 0 saturated carbocycles. The lowest BCUT2D eigenvalue weighted by molar-refractivity contribution is -0.190. The molecule has 6 nitrogen and oxygen atoms in total. The van der Waals surface area contributed by atoms with Crippen LogP contribution >= 0.6 is 24.1 Å². The molecule has 27 heavy (non-hydrogen) atoms. The smallest absolute Gasteiger partial charge is 0.212 e. The molecular weight excluding hydrogens is 388 g/mol. The fourth-order valence-electron chi connectivity index (χ4n) is 2.20. The molecule has 3 unspecified atom stereocenters. The average Bonchev–Trinajstić information content (AvgIpc) is 2.71. The molecular formula is C19H30O6S2. The van der Waals surface area contributed by atoms with Crippen LogP contribution in [0.1, 0.15) is 19.4 Å². The van der Waals surface area contributed by atoms with E-state index >= 15 is 0 Å². The molecule has 0 radical (unpaired) electrons. The SMILES string of the molecule is C=CCOC(C(O)CO)C(OCc1ccccc1)C(OSCC)OSCC. The summed E-state index contributed by atoms with van der Waals surface area (Å²) >= 11 is 2.48. The number of ether oxygens (including phenoxy) is 2. The molecule has 0 aromatic heterocycles. The molecule has 0 aliphatic carbocycles. The van der Waals surface area contributed by atoms with Gasteiger partial charge in [0.05, 0.1) is 19.8 Å². The van der Waals surface area contributed by atoms with Gasteiger partial charge in [-0.25, -0.2) is 0 Å². The van der Waals surface area contributed by atoms with Crippen molar-refractivity contribution in [3.63, 3.8) is 0 Å². The van der Waals surface area contributed by atoms with Crippen LogP contribution in [0.5, 0.6) is 0 Å². The monoisotopic (exact) mass is 418 g/mol. The van der Waals surface area contributed by atoms with Gasteiger partial charge in [0.25, 0.3) is 0 Å². The van der Waals surface area contributed by atoms with E-state index in [0.717, 1.165) is 17.1 Å². The van der Waals surface area contributed by atoms with Crippen LogP contribution < -0.4 is 0 Å². The maximum Gasteiger partial charge on any atom is 0.212 e. The van der Waals surface area contributed by atoms with E-state index in [1.807, 2.05) is 44.2 Å². The molecule has 3 atom stereocenters. The summed E-state index contributed by atoms with van der Waals surface area (Å²) < 4.78 is 23.3.